The quantitative estimate of drug-likeness (QED) is 0.532. The second kappa shape index (κ2) is 10.8. The maximum atomic E-state index is 13.9. The number of aliphatic imine (C=N–C) groups is 1. The molecule has 37 heavy (non-hydrogen) atoms. The van der Waals surface area contributed by atoms with Crippen molar-refractivity contribution in [1.82, 2.24) is 29.2 Å². The Morgan fingerprint density at radius 3 is 2.65 bits per heavy atom. The lowest BCUT2D eigenvalue weighted by molar-refractivity contribution is -0.150. The zero-order valence-electron chi connectivity index (χ0n) is 22.1. The van der Waals surface area contributed by atoms with Gasteiger partial charge in [-0.3, -0.25) is 9.79 Å². The minimum atomic E-state index is -0.470. The van der Waals surface area contributed by atoms with Crippen molar-refractivity contribution in [1.29, 1.82) is 0 Å². The summed E-state index contributed by atoms with van der Waals surface area (Å²) in [4.78, 5) is 33.3. The van der Waals surface area contributed by atoms with E-state index in [1.165, 1.54) is 6.33 Å². The number of amides is 1. The summed E-state index contributed by atoms with van der Waals surface area (Å²) in [6, 6.07) is 0.272. The van der Waals surface area contributed by atoms with Crippen LogP contribution in [0.2, 0.25) is 0 Å². The van der Waals surface area contributed by atoms with Crippen molar-refractivity contribution in [3.05, 3.63) is 24.2 Å². The molecule has 4 N–H and O–H groups in total. The molecule has 11 heteroatoms. The standard InChI is InChI=1S/C26H39N9O2/c1-29-9-6-20(27)19-15-35(25-23(19)24(28)30-16-31-25)22-5-4-21(37-22)26(36)34(14-17-12-33(3)13-17)18-7-10-32(2)11-8-18/h6,9,15-18,21-22H,4-5,7-8,10-14,27H2,1-3H3,(H2,28,30,31)/t21-,22+/m0/s1. The van der Waals surface area contributed by atoms with Crippen LogP contribution in [0.3, 0.4) is 0 Å². The fourth-order valence-corrected chi connectivity index (χ4v) is 5.93. The highest BCUT2D eigenvalue weighted by atomic mass is 16.5. The number of aromatic nitrogens is 3. The van der Waals surface area contributed by atoms with Gasteiger partial charge in [0.1, 0.15) is 30.1 Å². The Balaban J connectivity index is 1.37. The molecular formula is C26H39N9O2. The van der Waals surface area contributed by atoms with Gasteiger partial charge in [0.25, 0.3) is 5.91 Å². The Bertz CT molecular complexity index is 1180. The number of anilines is 1. The van der Waals surface area contributed by atoms with Gasteiger partial charge >= 0.3 is 0 Å². The molecule has 0 aromatic carbocycles. The summed E-state index contributed by atoms with van der Waals surface area (Å²) in [7, 11) is 5.97. The molecule has 0 bridgehead atoms. The van der Waals surface area contributed by atoms with Gasteiger partial charge in [0.05, 0.1) is 5.39 Å². The molecule has 0 aliphatic carbocycles. The summed E-state index contributed by atoms with van der Waals surface area (Å²) in [5.74, 6) is 1.01. The van der Waals surface area contributed by atoms with E-state index in [0.29, 0.717) is 41.3 Å². The summed E-state index contributed by atoms with van der Waals surface area (Å²) >= 11 is 0. The molecule has 5 rings (SSSR count). The number of likely N-dealkylation sites (tertiary alicyclic amines) is 2. The third kappa shape index (κ3) is 5.21. The highest BCUT2D eigenvalue weighted by Gasteiger charge is 2.40. The minimum absolute atomic E-state index is 0.121. The van der Waals surface area contributed by atoms with Gasteiger partial charge in [-0.05, 0) is 58.9 Å². The van der Waals surface area contributed by atoms with E-state index in [0.717, 1.165) is 51.1 Å². The number of ether oxygens (including phenoxy) is 1. The van der Waals surface area contributed by atoms with Crippen LogP contribution < -0.4 is 11.5 Å². The maximum absolute atomic E-state index is 13.9. The molecule has 2 aromatic rings. The number of allylic oxidation sites excluding steroid dienone is 1. The molecule has 1 amide bonds. The van der Waals surface area contributed by atoms with E-state index in [4.69, 9.17) is 16.2 Å². The van der Waals surface area contributed by atoms with E-state index >= 15 is 0 Å². The Morgan fingerprint density at radius 1 is 1.19 bits per heavy atom. The summed E-state index contributed by atoms with van der Waals surface area (Å²) in [5, 5.41) is 0.682. The molecule has 3 fully saturated rings. The number of carbonyl (C=O) groups is 1. The van der Waals surface area contributed by atoms with Crippen molar-refractivity contribution in [3.63, 3.8) is 0 Å². The number of nitrogens with two attached hydrogens (primary N) is 2. The number of hydrogen-bond acceptors (Lipinski definition) is 9. The van der Waals surface area contributed by atoms with Crippen LogP contribution in [0.5, 0.6) is 0 Å². The van der Waals surface area contributed by atoms with Gasteiger partial charge < -0.3 is 35.5 Å². The van der Waals surface area contributed by atoms with Crippen molar-refractivity contribution in [2.24, 2.45) is 16.6 Å². The van der Waals surface area contributed by atoms with E-state index in [1.54, 1.807) is 19.3 Å². The highest BCUT2D eigenvalue weighted by Crippen LogP contribution is 2.36. The Labute approximate surface area is 218 Å². The van der Waals surface area contributed by atoms with Crippen molar-refractivity contribution in [2.75, 3.05) is 59.6 Å². The van der Waals surface area contributed by atoms with Crippen LogP contribution in [-0.2, 0) is 9.53 Å². The lowest BCUT2D eigenvalue weighted by Gasteiger charge is -2.44. The number of hydrogen-bond donors (Lipinski definition) is 2. The van der Waals surface area contributed by atoms with E-state index < -0.39 is 6.10 Å². The summed E-state index contributed by atoms with van der Waals surface area (Å²) in [6.07, 6.45) is 9.30. The first-order chi connectivity index (χ1) is 17.9. The van der Waals surface area contributed by atoms with E-state index in [-0.39, 0.29) is 18.2 Å². The number of rotatable bonds is 7. The molecule has 3 aliphatic rings. The van der Waals surface area contributed by atoms with Crippen molar-refractivity contribution in [2.45, 2.75) is 44.1 Å². The number of carbonyl (C=O) groups excluding carboxylic acids is 1. The minimum Gasteiger partial charge on any atom is -0.398 e. The molecule has 11 nitrogen and oxygen atoms in total. The normalized spacial score (nSPS) is 24.8. The van der Waals surface area contributed by atoms with Crippen molar-refractivity contribution >= 4 is 34.7 Å². The second-order valence-electron chi connectivity index (χ2n) is 10.7. The van der Waals surface area contributed by atoms with Crippen LogP contribution in [0.4, 0.5) is 5.82 Å². The van der Waals surface area contributed by atoms with E-state index in [2.05, 4.69) is 43.8 Å². The van der Waals surface area contributed by atoms with Crippen molar-refractivity contribution in [3.8, 4) is 0 Å². The Kier molecular flexibility index (Phi) is 7.45. The predicted octanol–water partition coefficient (Wildman–Crippen LogP) is 1.18. The average molecular weight is 510 g/mol. The largest absolute Gasteiger partial charge is 0.398 e. The fourth-order valence-electron chi connectivity index (χ4n) is 5.93. The lowest BCUT2D eigenvalue weighted by atomic mass is 9.96. The number of nitrogen functional groups attached to an aromatic ring is 1. The number of fused-ring (bicyclic) bond motifs is 1. The van der Waals surface area contributed by atoms with Gasteiger partial charge in [-0.25, -0.2) is 9.97 Å². The van der Waals surface area contributed by atoms with Gasteiger partial charge in [0.15, 0.2) is 0 Å². The van der Waals surface area contributed by atoms with Gasteiger partial charge in [-0.2, -0.15) is 0 Å². The van der Waals surface area contributed by atoms with Crippen LogP contribution in [0.25, 0.3) is 16.7 Å². The first kappa shape index (κ1) is 25.6. The zero-order valence-corrected chi connectivity index (χ0v) is 22.1. The van der Waals surface area contributed by atoms with E-state index in [9.17, 15) is 4.79 Å². The van der Waals surface area contributed by atoms with Crippen LogP contribution in [0.1, 0.15) is 37.5 Å². The molecule has 5 heterocycles. The van der Waals surface area contributed by atoms with Gasteiger partial charge in [-0.1, -0.05) is 0 Å². The first-order valence-corrected chi connectivity index (χ1v) is 13.2. The summed E-state index contributed by atoms with van der Waals surface area (Å²) in [6.45, 7) is 4.93. The maximum Gasteiger partial charge on any atom is 0.252 e. The van der Waals surface area contributed by atoms with Crippen LogP contribution in [0, 0.1) is 5.92 Å². The first-order valence-electron chi connectivity index (χ1n) is 13.2. The topological polar surface area (TPSA) is 131 Å². The molecule has 200 valence electrons. The van der Waals surface area contributed by atoms with Gasteiger partial charge in [-0.15, -0.1) is 0 Å². The van der Waals surface area contributed by atoms with E-state index in [1.807, 2.05) is 10.8 Å². The van der Waals surface area contributed by atoms with Crippen LogP contribution >= 0.6 is 0 Å². The number of nitrogens with zero attached hydrogens (tertiary/aromatic N) is 7. The summed E-state index contributed by atoms with van der Waals surface area (Å²) < 4.78 is 8.39. The molecule has 2 aromatic heterocycles. The summed E-state index contributed by atoms with van der Waals surface area (Å²) in [5.41, 5.74) is 14.5. The third-order valence-corrected chi connectivity index (χ3v) is 7.94. The zero-order chi connectivity index (χ0) is 26.1. The SMILES string of the molecule is CN=CC=C(N)c1cn([C@H]2CC[C@@H](C(=O)N(CC3CN(C)C3)C3CCN(C)CC3)O2)c2ncnc(N)c12. The monoisotopic (exact) mass is 509 g/mol. The molecule has 0 spiro atoms. The van der Waals surface area contributed by atoms with Gasteiger partial charge in [0, 0.05) is 62.3 Å². The molecule has 3 aliphatic heterocycles. The number of piperidine rings is 1. The molecule has 0 saturated carbocycles. The second-order valence-corrected chi connectivity index (χ2v) is 10.7. The molecule has 2 atom stereocenters. The van der Waals surface area contributed by atoms with Crippen LogP contribution in [-0.4, -0.2) is 107 Å². The van der Waals surface area contributed by atoms with Crippen molar-refractivity contribution < 1.29 is 9.53 Å². The molecule has 0 radical (unpaired) electrons. The molecule has 0 unspecified atom stereocenters. The van der Waals surface area contributed by atoms with Gasteiger partial charge in [0.2, 0.25) is 0 Å². The fraction of sp³-hybridized carbons (Fsp3) is 0.615. The van der Waals surface area contributed by atoms with Crippen LogP contribution in [0.15, 0.2) is 23.6 Å². The third-order valence-electron chi connectivity index (χ3n) is 7.94. The highest BCUT2D eigenvalue weighted by molar-refractivity contribution is 5.99. The lowest BCUT2D eigenvalue weighted by Crippen LogP contribution is -2.56. The smallest absolute Gasteiger partial charge is 0.252 e. The molecule has 3 saturated heterocycles. The average Bonchev–Trinajstić information content (AvgIpc) is 3.51. The predicted molar refractivity (Wildman–Crippen MR) is 145 cm³/mol. The Hall–Kier alpha value is -3.02. The molecular weight excluding hydrogens is 470 g/mol. The Morgan fingerprint density at radius 2 is 1.95 bits per heavy atom.